The van der Waals surface area contributed by atoms with Crippen molar-refractivity contribution in [3.8, 4) is 5.75 Å². The number of aliphatic carboxylic acids is 1. The average Bonchev–Trinajstić information content (AvgIpc) is 2.78. The Morgan fingerprint density at radius 2 is 1.77 bits per heavy atom. The largest absolute Gasteiger partial charge is 0.488 e. The predicted molar refractivity (Wildman–Crippen MR) is 128 cm³/mol. The second kappa shape index (κ2) is 10.5. The molecule has 0 fully saturated rings. The molecule has 1 heterocycles. The van der Waals surface area contributed by atoms with E-state index in [4.69, 9.17) is 4.74 Å². The number of rotatable bonds is 8. The molecule has 0 spiro atoms. The van der Waals surface area contributed by atoms with Gasteiger partial charge in [0.15, 0.2) is 11.6 Å². The van der Waals surface area contributed by atoms with Crippen molar-refractivity contribution in [1.29, 1.82) is 0 Å². The van der Waals surface area contributed by atoms with Gasteiger partial charge in [0.25, 0.3) is 0 Å². The minimum Gasteiger partial charge on any atom is -0.488 e. The van der Waals surface area contributed by atoms with E-state index in [0.29, 0.717) is 0 Å². The van der Waals surface area contributed by atoms with Gasteiger partial charge in [-0.25, -0.2) is 23.5 Å². The summed E-state index contributed by atoms with van der Waals surface area (Å²) in [5.74, 6) is -2.70. The van der Waals surface area contributed by atoms with Crippen molar-refractivity contribution in [2.24, 2.45) is 10.9 Å². The van der Waals surface area contributed by atoms with Crippen LogP contribution in [0, 0.1) is 18.7 Å². The van der Waals surface area contributed by atoms with Gasteiger partial charge in [0.1, 0.15) is 0 Å². The van der Waals surface area contributed by atoms with Gasteiger partial charge >= 0.3 is 17.3 Å². The van der Waals surface area contributed by atoms with E-state index < -0.39 is 35.1 Å². The quantitative estimate of drug-likeness (QED) is 0.509. The number of hydrogen-bond acceptors (Lipinski definition) is 5. The normalized spacial score (nSPS) is 13.6. The smallest absolute Gasteiger partial charge is 0.335 e. The van der Waals surface area contributed by atoms with Crippen molar-refractivity contribution < 1.29 is 19.0 Å². The van der Waals surface area contributed by atoms with E-state index in [1.165, 1.54) is 30.5 Å². The van der Waals surface area contributed by atoms with Crippen LogP contribution in [0.3, 0.4) is 0 Å². The molecule has 0 saturated carbocycles. The number of benzene rings is 2. The van der Waals surface area contributed by atoms with Gasteiger partial charge in [0.05, 0.1) is 30.3 Å². The Morgan fingerprint density at radius 1 is 1.11 bits per heavy atom. The number of carboxylic acid groups (broad SMARTS) is 1. The van der Waals surface area contributed by atoms with Crippen LogP contribution in [0.2, 0.25) is 0 Å². The molecule has 0 aliphatic heterocycles. The van der Waals surface area contributed by atoms with Gasteiger partial charge in [-0.15, -0.1) is 0 Å². The maximum atomic E-state index is 14.5. The van der Waals surface area contributed by atoms with Gasteiger partial charge in [-0.2, -0.15) is 0 Å². The lowest BCUT2D eigenvalue weighted by atomic mass is 10.0. The van der Waals surface area contributed by atoms with Crippen LogP contribution in [0.5, 0.6) is 5.75 Å². The molecule has 10 heteroatoms. The van der Waals surface area contributed by atoms with Crippen LogP contribution in [-0.4, -0.2) is 31.3 Å². The number of ether oxygens (including phenoxy) is 1. The van der Waals surface area contributed by atoms with E-state index in [1.807, 2.05) is 31.2 Å². The summed E-state index contributed by atoms with van der Waals surface area (Å²) in [7, 11) is 0. The third kappa shape index (κ3) is 5.95. The van der Waals surface area contributed by atoms with Crippen molar-refractivity contribution in [3.63, 3.8) is 0 Å². The number of nitrogens with zero attached hydrogens (tertiary/aromatic N) is 3. The highest BCUT2D eigenvalue weighted by Gasteiger charge is 2.25. The SMILES string of the molecule is Cc1ccc(Cn2c(=O)n([C@H](C)[C@H](C)C(=O)O)c(=O)[nH]/c2=N\c2ccc(OC(C)C)c(F)c2)cc1. The van der Waals surface area contributed by atoms with E-state index in [9.17, 15) is 23.9 Å². The second-order valence-electron chi connectivity index (χ2n) is 8.74. The predicted octanol–water partition coefficient (Wildman–Crippen LogP) is 3.14. The Bertz CT molecular complexity index is 1400. The minimum absolute atomic E-state index is 0.0555. The van der Waals surface area contributed by atoms with Crippen molar-refractivity contribution in [1.82, 2.24) is 14.1 Å². The summed E-state index contributed by atoms with van der Waals surface area (Å²) in [6.07, 6.45) is -0.219. The summed E-state index contributed by atoms with van der Waals surface area (Å²) in [5, 5.41) is 9.38. The van der Waals surface area contributed by atoms with Crippen LogP contribution < -0.4 is 21.7 Å². The van der Waals surface area contributed by atoms with Crippen LogP contribution in [0.4, 0.5) is 10.1 Å². The highest BCUT2D eigenvalue weighted by atomic mass is 19.1. The third-order valence-corrected chi connectivity index (χ3v) is 5.63. The molecule has 0 unspecified atom stereocenters. The van der Waals surface area contributed by atoms with Gasteiger partial charge in [-0.3, -0.25) is 14.3 Å². The van der Waals surface area contributed by atoms with E-state index in [2.05, 4.69) is 9.98 Å². The van der Waals surface area contributed by atoms with Crippen LogP contribution in [-0.2, 0) is 11.3 Å². The first-order chi connectivity index (χ1) is 16.5. The Balaban J connectivity index is 2.21. The number of aromatic nitrogens is 3. The molecule has 186 valence electrons. The van der Waals surface area contributed by atoms with Crippen molar-refractivity contribution >= 4 is 11.7 Å². The summed E-state index contributed by atoms with van der Waals surface area (Å²) in [4.78, 5) is 44.7. The molecular formula is C25H29FN4O5. The van der Waals surface area contributed by atoms with Crippen LogP contribution in [0.25, 0.3) is 0 Å². The fraction of sp³-hybridized carbons (Fsp3) is 0.360. The molecule has 0 aliphatic rings. The van der Waals surface area contributed by atoms with E-state index in [-0.39, 0.29) is 29.7 Å². The van der Waals surface area contributed by atoms with Gasteiger partial charge in [0, 0.05) is 6.07 Å². The number of aryl methyl sites for hydroxylation is 1. The van der Waals surface area contributed by atoms with E-state index >= 15 is 0 Å². The summed E-state index contributed by atoms with van der Waals surface area (Å²) in [6.45, 7) is 8.45. The Kier molecular flexibility index (Phi) is 7.73. The number of aromatic amines is 1. The van der Waals surface area contributed by atoms with Crippen LogP contribution >= 0.6 is 0 Å². The van der Waals surface area contributed by atoms with Gasteiger partial charge in [-0.1, -0.05) is 29.8 Å². The molecule has 3 aromatic rings. The summed E-state index contributed by atoms with van der Waals surface area (Å²) in [6, 6.07) is 10.6. The van der Waals surface area contributed by atoms with E-state index in [0.717, 1.165) is 21.8 Å². The standard InChI is InChI=1S/C25H29FN4O5/c1-14(2)35-21-11-10-19(12-20(21)26)27-23-28-24(33)30(17(5)16(4)22(31)32)25(34)29(23)13-18-8-6-15(3)7-9-18/h6-12,14,16-17H,13H2,1-5H3,(H,31,32)(H,27,28,33)/t16-,17+/m0/s1. The zero-order chi connectivity index (χ0) is 25.9. The maximum absolute atomic E-state index is 14.5. The molecule has 2 atom stereocenters. The first kappa shape index (κ1) is 25.7. The average molecular weight is 485 g/mol. The highest BCUT2D eigenvalue weighted by molar-refractivity contribution is 5.70. The molecule has 0 amide bonds. The minimum atomic E-state index is -1.14. The second-order valence-corrected chi connectivity index (χ2v) is 8.74. The zero-order valence-electron chi connectivity index (χ0n) is 20.3. The Morgan fingerprint density at radius 3 is 2.34 bits per heavy atom. The first-order valence-corrected chi connectivity index (χ1v) is 11.2. The van der Waals surface area contributed by atoms with Crippen molar-refractivity contribution in [3.05, 3.63) is 86.0 Å². The lowest BCUT2D eigenvalue weighted by molar-refractivity contribution is -0.142. The maximum Gasteiger partial charge on any atom is 0.335 e. The van der Waals surface area contributed by atoms with Gasteiger partial charge in [-0.05, 0) is 52.3 Å². The Labute approximate surface area is 201 Å². The van der Waals surface area contributed by atoms with Crippen molar-refractivity contribution in [2.45, 2.75) is 53.3 Å². The number of carboxylic acids is 1. The van der Waals surface area contributed by atoms with Gasteiger partial charge in [0.2, 0.25) is 5.62 Å². The number of carbonyl (C=O) groups is 1. The number of H-pyrrole nitrogens is 1. The lowest BCUT2D eigenvalue weighted by Gasteiger charge is -2.19. The molecular weight excluding hydrogens is 455 g/mol. The molecule has 3 rings (SSSR count). The summed E-state index contributed by atoms with van der Waals surface area (Å²) in [5.41, 5.74) is 0.327. The molecule has 2 aromatic carbocycles. The molecule has 9 nitrogen and oxygen atoms in total. The molecule has 1 aromatic heterocycles. The topological polar surface area (TPSA) is 119 Å². The van der Waals surface area contributed by atoms with Crippen molar-refractivity contribution in [2.75, 3.05) is 0 Å². The fourth-order valence-electron chi connectivity index (χ4n) is 3.46. The molecule has 0 saturated heterocycles. The highest BCUT2D eigenvalue weighted by Crippen LogP contribution is 2.23. The zero-order valence-corrected chi connectivity index (χ0v) is 20.3. The lowest BCUT2D eigenvalue weighted by Crippen LogP contribution is -2.52. The molecule has 35 heavy (non-hydrogen) atoms. The molecule has 0 aliphatic carbocycles. The molecule has 2 N–H and O–H groups in total. The van der Waals surface area contributed by atoms with Gasteiger partial charge < -0.3 is 9.84 Å². The monoisotopic (exact) mass is 484 g/mol. The Hall–Kier alpha value is -3.95. The number of nitrogens with one attached hydrogen (secondary N) is 1. The summed E-state index contributed by atoms with van der Waals surface area (Å²) >= 11 is 0. The first-order valence-electron chi connectivity index (χ1n) is 11.2. The van der Waals surface area contributed by atoms with Crippen LogP contribution in [0.1, 0.15) is 44.9 Å². The fourth-order valence-corrected chi connectivity index (χ4v) is 3.46. The third-order valence-electron chi connectivity index (χ3n) is 5.63. The molecule has 0 radical (unpaired) electrons. The number of halogens is 1. The molecule has 0 bridgehead atoms. The van der Waals surface area contributed by atoms with E-state index in [1.54, 1.807) is 13.8 Å². The number of hydrogen-bond donors (Lipinski definition) is 2. The van der Waals surface area contributed by atoms with Crippen LogP contribution in [0.15, 0.2) is 57.0 Å². The summed E-state index contributed by atoms with van der Waals surface area (Å²) < 4.78 is 22.0.